The summed E-state index contributed by atoms with van der Waals surface area (Å²) in [5, 5.41) is 11.7. The third-order valence-electron chi connectivity index (χ3n) is 3.21. The Labute approximate surface area is 114 Å². The third-order valence-corrected chi connectivity index (χ3v) is 3.21. The van der Waals surface area contributed by atoms with E-state index < -0.39 is 18.1 Å². The van der Waals surface area contributed by atoms with Crippen LogP contribution in [0.5, 0.6) is 0 Å². The largest absolute Gasteiger partial charge is 0.480 e. The van der Waals surface area contributed by atoms with Crippen LogP contribution in [0.1, 0.15) is 27.2 Å². The van der Waals surface area contributed by atoms with E-state index in [0.717, 1.165) is 13.1 Å². The molecule has 1 aliphatic heterocycles. The fourth-order valence-electron chi connectivity index (χ4n) is 2.11. The summed E-state index contributed by atoms with van der Waals surface area (Å²) in [6.45, 7) is 8.59. The number of carbonyl (C=O) groups is 2. The smallest absolute Gasteiger partial charge is 0.326 e. The number of amides is 1. The van der Waals surface area contributed by atoms with Crippen molar-refractivity contribution >= 4 is 11.9 Å². The number of hydrogen-bond acceptors (Lipinski definition) is 4. The molecule has 1 rings (SSSR count). The Morgan fingerprint density at radius 3 is 2.68 bits per heavy atom. The highest BCUT2D eigenvalue weighted by atomic mass is 16.5. The number of ether oxygens (including phenoxy) is 1. The van der Waals surface area contributed by atoms with E-state index in [1.165, 1.54) is 0 Å². The van der Waals surface area contributed by atoms with Crippen LogP contribution < -0.4 is 5.32 Å². The Morgan fingerprint density at radius 2 is 2.16 bits per heavy atom. The molecule has 0 aliphatic carbocycles. The molecule has 6 nitrogen and oxygen atoms in total. The number of rotatable bonds is 6. The number of hydrogen-bond donors (Lipinski definition) is 2. The molecule has 1 amide bonds. The van der Waals surface area contributed by atoms with Crippen LogP contribution in [0.15, 0.2) is 0 Å². The van der Waals surface area contributed by atoms with Gasteiger partial charge in [0.15, 0.2) is 0 Å². The lowest BCUT2D eigenvalue weighted by molar-refractivity contribution is -0.147. The summed E-state index contributed by atoms with van der Waals surface area (Å²) in [5.41, 5.74) is 0. The molecule has 0 radical (unpaired) electrons. The van der Waals surface area contributed by atoms with E-state index in [0.29, 0.717) is 19.6 Å². The normalized spacial score (nSPS) is 22.2. The molecular weight excluding hydrogens is 248 g/mol. The summed E-state index contributed by atoms with van der Waals surface area (Å²) in [6.07, 6.45) is -0.145. The van der Waals surface area contributed by atoms with Crippen molar-refractivity contribution in [3.05, 3.63) is 0 Å². The maximum Gasteiger partial charge on any atom is 0.326 e. The maximum atomic E-state index is 12.0. The van der Waals surface area contributed by atoms with Gasteiger partial charge >= 0.3 is 5.97 Å². The zero-order valence-electron chi connectivity index (χ0n) is 11.9. The molecule has 1 fully saturated rings. The van der Waals surface area contributed by atoms with Gasteiger partial charge in [0, 0.05) is 13.1 Å². The second-order valence-electron chi connectivity index (χ2n) is 5.28. The first-order valence-electron chi connectivity index (χ1n) is 6.81. The first-order chi connectivity index (χ1) is 8.93. The first-order valence-corrected chi connectivity index (χ1v) is 6.81. The first kappa shape index (κ1) is 15.9. The van der Waals surface area contributed by atoms with Gasteiger partial charge in [0.05, 0.1) is 6.61 Å². The van der Waals surface area contributed by atoms with Crippen LogP contribution in [0.4, 0.5) is 0 Å². The van der Waals surface area contributed by atoms with Crippen molar-refractivity contribution in [3.8, 4) is 0 Å². The van der Waals surface area contributed by atoms with Crippen LogP contribution in [0.2, 0.25) is 0 Å². The number of nitrogens with one attached hydrogen (secondary N) is 1. The van der Waals surface area contributed by atoms with Crippen LogP contribution in [-0.2, 0) is 14.3 Å². The molecule has 2 atom stereocenters. The molecule has 2 N–H and O–H groups in total. The highest BCUT2D eigenvalue weighted by molar-refractivity contribution is 5.86. The predicted molar refractivity (Wildman–Crippen MR) is 70.9 cm³/mol. The lowest BCUT2D eigenvalue weighted by Crippen LogP contribution is -2.53. The fraction of sp³-hybridized carbons (Fsp3) is 0.846. The number of carbonyl (C=O) groups excluding carboxylic acids is 1. The zero-order valence-corrected chi connectivity index (χ0v) is 11.9. The van der Waals surface area contributed by atoms with Gasteiger partial charge in [-0.3, -0.25) is 9.69 Å². The van der Waals surface area contributed by atoms with Crippen molar-refractivity contribution in [1.82, 2.24) is 10.2 Å². The minimum Gasteiger partial charge on any atom is -0.480 e. The van der Waals surface area contributed by atoms with Gasteiger partial charge in [0.2, 0.25) is 0 Å². The van der Waals surface area contributed by atoms with E-state index >= 15 is 0 Å². The number of carboxylic acids is 1. The van der Waals surface area contributed by atoms with Gasteiger partial charge in [-0.2, -0.15) is 0 Å². The van der Waals surface area contributed by atoms with Crippen molar-refractivity contribution in [3.63, 3.8) is 0 Å². The van der Waals surface area contributed by atoms with Crippen molar-refractivity contribution in [2.45, 2.75) is 39.3 Å². The lowest BCUT2D eigenvalue weighted by atomic mass is 10.0. The summed E-state index contributed by atoms with van der Waals surface area (Å²) in [5.74, 6) is -1.11. The summed E-state index contributed by atoms with van der Waals surface area (Å²) in [6, 6.07) is -0.840. The Balaban J connectivity index is 2.53. The summed E-state index contributed by atoms with van der Waals surface area (Å²) < 4.78 is 5.41. The molecule has 0 aromatic rings. The molecule has 0 saturated carbocycles. The molecule has 0 spiro atoms. The van der Waals surface area contributed by atoms with Crippen molar-refractivity contribution in [2.75, 3.05) is 26.2 Å². The molecule has 0 unspecified atom stereocenters. The van der Waals surface area contributed by atoms with Gasteiger partial charge in [-0.05, 0) is 18.9 Å². The molecule has 1 heterocycles. The minimum absolute atomic E-state index is 0.209. The second kappa shape index (κ2) is 7.45. The predicted octanol–water partition coefficient (Wildman–Crippen LogP) is 0.323. The Kier molecular flexibility index (Phi) is 6.24. The van der Waals surface area contributed by atoms with E-state index in [1.54, 1.807) is 0 Å². The van der Waals surface area contributed by atoms with E-state index in [-0.39, 0.29) is 11.8 Å². The Hall–Kier alpha value is -1.14. The van der Waals surface area contributed by atoms with Gasteiger partial charge in [0.25, 0.3) is 5.91 Å². The standard InChI is InChI=1S/C13H24N2O4/c1-4-15-5-6-19-11(8-15)12(16)14-10(13(17)18)7-9(2)3/h9-11H,4-8H2,1-3H3,(H,14,16)(H,17,18)/t10-,11+/m1/s1. The molecule has 6 heteroatoms. The van der Waals surface area contributed by atoms with Gasteiger partial charge < -0.3 is 15.2 Å². The number of aliphatic carboxylic acids is 1. The maximum absolute atomic E-state index is 12.0. The number of morpholine rings is 1. The highest BCUT2D eigenvalue weighted by Gasteiger charge is 2.29. The number of carboxylic acid groups (broad SMARTS) is 1. The average Bonchev–Trinajstić information content (AvgIpc) is 2.37. The van der Waals surface area contributed by atoms with Gasteiger partial charge in [-0.1, -0.05) is 20.8 Å². The SMILES string of the molecule is CCN1CCO[C@H](C(=O)N[C@H](CC(C)C)C(=O)O)C1. The van der Waals surface area contributed by atoms with Crippen LogP contribution in [-0.4, -0.2) is 60.3 Å². The van der Waals surface area contributed by atoms with Gasteiger partial charge in [-0.15, -0.1) is 0 Å². The van der Waals surface area contributed by atoms with Crippen LogP contribution in [0, 0.1) is 5.92 Å². The third kappa shape index (κ3) is 5.16. The van der Waals surface area contributed by atoms with E-state index in [2.05, 4.69) is 10.2 Å². The molecule has 110 valence electrons. The van der Waals surface area contributed by atoms with E-state index in [1.807, 2.05) is 20.8 Å². The molecule has 0 aromatic heterocycles. The fourth-order valence-corrected chi connectivity index (χ4v) is 2.11. The second-order valence-corrected chi connectivity index (χ2v) is 5.28. The molecule has 0 aromatic carbocycles. The lowest BCUT2D eigenvalue weighted by Gasteiger charge is -2.31. The Bertz CT molecular complexity index is 320. The van der Waals surface area contributed by atoms with Crippen LogP contribution in [0.25, 0.3) is 0 Å². The van der Waals surface area contributed by atoms with Crippen molar-refractivity contribution < 1.29 is 19.4 Å². The number of nitrogens with zero attached hydrogens (tertiary/aromatic N) is 1. The van der Waals surface area contributed by atoms with Crippen molar-refractivity contribution in [1.29, 1.82) is 0 Å². The minimum atomic E-state index is -0.995. The van der Waals surface area contributed by atoms with Crippen LogP contribution >= 0.6 is 0 Å². The molecule has 1 saturated heterocycles. The molecule has 0 bridgehead atoms. The van der Waals surface area contributed by atoms with Crippen molar-refractivity contribution in [2.24, 2.45) is 5.92 Å². The van der Waals surface area contributed by atoms with E-state index in [4.69, 9.17) is 9.84 Å². The number of likely N-dealkylation sites (N-methyl/N-ethyl adjacent to an activating group) is 1. The highest BCUT2D eigenvalue weighted by Crippen LogP contribution is 2.08. The molecule has 1 aliphatic rings. The quantitative estimate of drug-likeness (QED) is 0.728. The van der Waals surface area contributed by atoms with Gasteiger partial charge in [-0.25, -0.2) is 4.79 Å². The summed E-state index contributed by atoms with van der Waals surface area (Å²) >= 11 is 0. The zero-order chi connectivity index (χ0) is 14.4. The topological polar surface area (TPSA) is 78.9 Å². The molecule has 19 heavy (non-hydrogen) atoms. The molecular formula is C13H24N2O4. The van der Waals surface area contributed by atoms with Crippen LogP contribution in [0.3, 0.4) is 0 Å². The average molecular weight is 272 g/mol. The summed E-state index contributed by atoms with van der Waals surface area (Å²) in [7, 11) is 0. The van der Waals surface area contributed by atoms with Gasteiger partial charge in [0.1, 0.15) is 12.1 Å². The monoisotopic (exact) mass is 272 g/mol. The Morgan fingerprint density at radius 1 is 1.47 bits per heavy atom. The van der Waals surface area contributed by atoms with E-state index in [9.17, 15) is 9.59 Å². The summed E-state index contributed by atoms with van der Waals surface area (Å²) in [4.78, 5) is 25.3.